The van der Waals surface area contributed by atoms with E-state index in [1.54, 1.807) is 0 Å². The average Bonchev–Trinajstić information content (AvgIpc) is 2.26. The lowest BCUT2D eigenvalue weighted by atomic mass is 10.0. The van der Waals surface area contributed by atoms with Gasteiger partial charge in [0.2, 0.25) is 0 Å². The zero-order valence-corrected chi connectivity index (χ0v) is 10.8. The maximum Gasteiger partial charge on any atom is 0.0197 e. The van der Waals surface area contributed by atoms with Crippen molar-refractivity contribution in [3.05, 3.63) is 0 Å². The van der Waals surface area contributed by atoms with Gasteiger partial charge in [-0.2, -0.15) is 0 Å². The van der Waals surface area contributed by atoms with Crippen LogP contribution >= 0.6 is 0 Å². The van der Waals surface area contributed by atoms with Gasteiger partial charge in [-0.1, -0.05) is 26.7 Å². The Hall–Kier alpha value is -0.0800. The van der Waals surface area contributed by atoms with Gasteiger partial charge in [0.1, 0.15) is 0 Å². The van der Waals surface area contributed by atoms with Gasteiger partial charge in [0, 0.05) is 18.6 Å². The molecule has 2 unspecified atom stereocenters. The smallest absolute Gasteiger partial charge is 0.0197 e. The van der Waals surface area contributed by atoms with E-state index in [0.29, 0.717) is 6.04 Å². The molecule has 1 saturated heterocycles. The van der Waals surface area contributed by atoms with Gasteiger partial charge in [-0.05, 0) is 39.3 Å². The highest BCUT2D eigenvalue weighted by molar-refractivity contribution is 4.79. The second kappa shape index (κ2) is 7.24. The molecule has 1 aliphatic rings. The predicted molar refractivity (Wildman–Crippen MR) is 67.3 cm³/mol. The number of hydrogen-bond acceptors (Lipinski definition) is 2. The molecule has 2 nitrogen and oxygen atoms in total. The van der Waals surface area contributed by atoms with E-state index in [1.807, 2.05) is 0 Å². The fourth-order valence-electron chi connectivity index (χ4n) is 2.47. The van der Waals surface area contributed by atoms with Crippen LogP contribution in [0.25, 0.3) is 0 Å². The highest BCUT2D eigenvalue weighted by Crippen LogP contribution is 2.11. The van der Waals surface area contributed by atoms with Gasteiger partial charge < -0.3 is 10.2 Å². The first-order valence-corrected chi connectivity index (χ1v) is 6.74. The number of unbranched alkanes of at least 4 members (excludes halogenated alkanes) is 1. The SMILES string of the molecule is CCCCC(C)NC1CCCN(CC)C1. The highest BCUT2D eigenvalue weighted by atomic mass is 15.2. The van der Waals surface area contributed by atoms with E-state index >= 15 is 0 Å². The molecule has 1 heterocycles. The van der Waals surface area contributed by atoms with Gasteiger partial charge in [0.05, 0.1) is 0 Å². The van der Waals surface area contributed by atoms with Crippen molar-refractivity contribution in [3.8, 4) is 0 Å². The molecule has 0 saturated carbocycles. The Morgan fingerprint density at radius 3 is 2.87 bits per heavy atom. The van der Waals surface area contributed by atoms with Crippen LogP contribution in [0.4, 0.5) is 0 Å². The van der Waals surface area contributed by atoms with Crippen molar-refractivity contribution in [3.63, 3.8) is 0 Å². The van der Waals surface area contributed by atoms with Crippen LogP contribution in [0.3, 0.4) is 0 Å². The molecule has 0 spiro atoms. The van der Waals surface area contributed by atoms with Crippen LogP contribution in [0.15, 0.2) is 0 Å². The first kappa shape index (κ1) is 13.0. The van der Waals surface area contributed by atoms with Crippen LogP contribution in [0, 0.1) is 0 Å². The third kappa shape index (κ3) is 4.98. The first-order chi connectivity index (χ1) is 7.26. The second-order valence-corrected chi connectivity index (χ2v) is 4.94. The Labute approximate surface area is 95.4 Å². The molecule has 1 N–H and O–H groups in total. The maximum absolute atomic E-state index is 3.78. The molecular formula is C13H28N2. The van der Waals surface area contributed by atoms with Gasteiger partial charge in [-0.3, -0.25) is 0 Å². The molecule has 0 radical (unpaired) electrons. The summed E-state index contributed by atoms with van der Waals surface area (Å²) in [6.07, 6.45) is 6.74. The third-order valence-corrected chi connectivity index (χ3v) is 3.46. The fourth-order valence-corrected chi connectivity index (χ4v) is 2.47. The third-order valence-electron chi connectivity index (χ3n) is 3.46. The average molecular weight is 212 g/mol. The van der Waals surface area contributed by atoms with E-state index in [4.69, 9.17) is 0 Å². The van der Waals surface area contributed by atoms with Crippen molar-refractivity contribution in [2.75, 3.05) is 19.6 Å². The van der Waals surface area contributed by atoms with Crippen LogP contribution < -0.4 is 5.32 Å². The second-order valence-electron chi connectivity index (χ2n) is 4.94. The van der Waals surface area contributed by atoms with Crippen molar-refractivity contribution >= 4 is 0 Å². The van der Waals surface area contributed by atoms with Crippen LogP contribution in [0.2, 0.25) is 0 Å². The van der Waals surface area contributed by atoms with Crippen molar-refractivity contribution in [2.45, 2.75) is 65.0 Å². The van der Waals surface area contributed by atoms with Gasteiger partial charge in [-0.15, -0.1) is 0 Å². The lowest BCUT2D eigenvalue weighted by Crippen LogP contribution is -2.48. The van der Waals surface area contributed by atoms with Crippen LogP contribution in [-0.2, 0) is 0 Å². The molecule has 0 amide bonds. The zero-order chi connectivity index (χ0) is 11.1. The highest BCUT2D eigenvalue weighted by Gasteiger charge is 2.19. The van der Waals surface area contributed by atoms with E-state index < -0.39 is 0 Å². The summed E-state index contributed by atoms with van der Waals surface area (Å²) in [6, 6.07) is 1.44. The predicted octanol–water partition coefficient (Wildman–Crippen LogP) is 2.64. The molecule has 15 heavy (non-hydrogen) atoms. The Bertz CT molecular complexity index is 159. The molecule has 90 valence electrons. The number of likely N-dealkylation sites (N-methyl/N-ethyl adjacent to an activating group) is 1. The van der Waals surface area contributed by atoms with Crippen LogP contribution in [-0.4, -0.2) is 36.6 Å². The minimum atomic E-state index is 0.701. The number of piperidine rings is 1. The number of nitrogens with zero attached hydrogens (tertiary/aromatic N) is 1. The van der Waals surface area contributed by atoms with Gasteiger partial charge in [0.25, 0.3) is 0 Å². The molecule has 2 atom stereocenters. The molecular weight excluding hydrogens is 184 g/mol. The summed E-state index contributed by atoms with van der Waals surface area (Å²) in [7, 11) is 0. The van der Waals surface area contributed by atoms with Crippen molar-refractivity contribution in [1.82, 2.24) is 10.2 Å². The van der Waals surface area contributed by atoms with E-state index in [0.717, 1.165) is 6.04 Å². The monoisotopic (exact) mass is 212 g/mol. The van der Waals surface area contributed by atoms with Crippen LogP contribution in [0.5, 0.6) is 0 Å². The number of hydrogen-bond donors (Lipinski definition) is 1. The van der Waals surface area contributed by atoms with E-state index in [9.17, 15) is 0 Å². The molecule has 0 aliphatic carbocycles. The number of likely N-dealkylation sites (tertiary alicyclic amines) is 1. The maximum atomic E-state index is 3.78. The lowest BCUT2D eigenvalue weighted by Gasteiger charge is -2.34. The van der Waals surface area contributed by atoms with Gasteiger partial charge in [-0.25, -0.2) is 0 Å². The molecule has 1 fully saturated rings. The summed E-state index contributed by atoms with van der Waals surface area (Å²) in [5.41, 5.74) is 0. The number of rotatable bonds is 6. The number of nitrogens with one attached hydrogen (secondary N) is 1. The summed E-state index contributed by atoms with van der Waals surface area (Å²) >= 11 is 0. The fraction of sp³-hybridized carbons (Fsp3) is 1.00. The summed E-state index contributed by atoms with van der Waals surface area (Å²) < 4.78 is 0. The van der Waals surface area contributed by atoms with Gasteiger partial charge in [0.15, 0.2) is 0 Å². The van der Waals surface area contributed by atoms with E-state index in [2.05, 4.69) is 31.0 Å². The van der Waals surface area contributed by atoms with Gasteiger partial charge >= 0.3 is 0 Å². The van der Waals surface area contributed by atoms with Crippen LogP contribution in [0.1, 0.15) is 52.9 Å². The molecule has 0 aromatic carbocycles. The minimum absolute atomic E-state index is 0.701. The summed E-state index contributed by atoms with van der Waals surface area (Å²) in [5.74, 6) is 0. The molecule has 2 heteroatoms. The minimum Gasteiger partial charge on any atom is -0.310 e. The molecule has 0 aromatic heterocycles. The van der Waals surface area contributed by atoms with Crippen molar-refractivity contribution in [1.29, 1.82) is 0 Å². The molecule has 1 rings (SSSR count). The molecule has 1 aliphatic heterocycles. The Balaban J connectivity index is 2.19. The Morgan fingerprint density at radius 1 is 1.40 bits per heavy atom. The normalized spacial score (nSPS) is 25.4. The molecule has 0 aromatic rings. The van der Waals surface area contributed by atoms with E-state index in [-0.39, 0.29) is 0 Å². The van der Waals surface area contributed by atoms with E-state index in [1.165, 1.54) is 51.7 Å². The summed E-state index contributed by atoms with van der Waals surface area (Å²) in [6.45, 7) is 10.6. The quantitative estimate of drug-likeness (QED) is 0.728. The van der Waals surface area contributed by atoms with Crippen molar-refractivity contribution in [2.24, 2.45) is 0 Å². The first-order valence-electron chi connectivity index (χ1n) is 6.74. The standard InChI is InChI=1S/C13H28N2/c1-4-6-8-12(3)14-13-9-7-10-15(5-2)11-13/h12-14H,4-11H2,1-3H3. The largest absolute Gasteiger partial charge is 0.310 e. The molecule has 0 bridgehead atoms. The summed E-state index contributed by atoms with van der Waals surface area (Å²) in [5, 5.41) is 3.78. The Kier molecular flexibility index (Phi) is 6.26. The summed E-state index contributed by atoms with van der Waals surface area (Å²) in [4.78, 5) is 2.56. The van der Waals surface area contributed by atoms with Crippen molar-refractivity contribution < 1.29 is 0 Å². The lowest BCUT2D eigenvalue weighted by molar-refractivity contribution is 0.190. The Morgan fingerprint density at radius 2 is 2.20 bits per heavy atom. The zero-order valence-electron chi connectivity index (χ0n) is 10.8. The topological polar surface area (TPSA) is 15.3 Å².